The lowest BCUT2D eigenvalue weighted by molar-refractivity contribution is 0.103. The molecule has 0 nitrogen and oxygen atoms in total. The fourth-order valence-electron chi connectivity index (χ4n) is 6.57. The van der Waals surface area contributed by atoms with Crippen LogP contribution in [-0.2, 0) is 0 Å². The highest BCUT2D eigenvalue weighted by atomic mass is 31.1. The summed E-state index contributed by atoms with van der Waals surface area (Å²) in [6.07, 6.45) is 18.7. The van der Waals surface area contributed by atoms with Crippen molar-refractivity contribution < 1.29 is 0 Å². The van der Waals surface area contributed by atoms with Crippen molar-refractivity contribution in [1.82, 2.24) is 0 Å². The van der Waals surface area contributed by atoms with Crippen molar-refractivity contribution in [3.05, 3.63) is 0 Å². The van der Waals surface area contributed by atoms with E-state index in [1.54, 1.807) is 77.0 Å². The Hall–Kier alpha value is 0.860. The summed E-state index contributed by atoms with van der Waals surface area (Å²) in [6.45, 7) is 5.49. The SMILES string of the molecule is CC(C)(C12CCCC(CCC1)P2)C12CCCC(CCC1)P2. The van der Waals surface area contributed by atoms with Gasteiger partial charge >= 0.3 is 0 Å². The molecule has 0 radical (unpaired) electrons. The molecule has 0 N–H and O–H groups in total. The third kappa shape index (κ3) is 2.30. The van der Waals surface area contributed by atoms with Crippen molar-refractivity contribution in [3.63, 3.8) is 0 Å². The van der Waals surface area contributed by atoms with E-state index in [1.165, 1.54) is 17.2 Å². The minimum Gasteiger partial charge on any atom is -0.112 e. The first-order valence-electron chi connectivity index (χ1n) is 9.62. The maximum Gasteiger partial charge on any atom is -0.00597 e. The second-order valence-corrected chi connectivity index (χ2v) is 13.2. The van der Waals surface area contributed by atoms with Gasteiger partial charge < -0.3 is 0 Å². The summed E-state index contributed by atoms with van der Waals surface area (Å²) in [6, 6.07) is 0. The lowest BCUT2D eigenvalue weighted by Crippen LogP contribution is -2.59. The van der Waals surface area contributed by atoms with Gasteiger partial charge in [-0.1, -0.05) is 39.5 Å². The highest BCUT2D eigenvalue weighted by Crippen LogP contribution is 2.71. The summed E-state index contributed by atoms with van der Waals surface area (Å²) in [5.74, 6) is 0. The Bertz CT molecular complexity index is 344. The number of fused-ring (bicyclic) bond motifs is 4. The molecule has 4 aliphatic heterocycles. The molecule has 4 saturated heterocycles. The van der Waals surface area contributed by atoms with Crippen molar-refractivity contribution in [3.8, 4) is 0 Å². The lowest BCUT2D eigenvalue weighted by atomic mass is 9.60. The molecule has 0 aromatic carbocycles. The molecular formula is C19H34P2. The van der Waals surface area contributed by atoms with E-state index in [9.17, 15) is 0 Å². The van der Waals surface area contributed by atoms with Crippen LogP contribution in [-0.4, -0.2) is 21.6 Å². The van der Waals surface area contributed by atoms with Gasteiger partial charge in [-0.05, 0) is 78.4 Å². The van der Waals surface area contributed by atoms with E-state index in [0.29, 0.717) is 5.41 Å². The van der Waals surface area contributed by atoms with E-state index in [2.05, 4.69) is 13.8 Å². The Labute approximate surface area is 135 Å². The molecule has 0 amide bonds. The Morgan fingerprint density at radius 3 is 1.33 bits per heavy atom. The summed E-state index contributed by atoms with van der Waals surface area (Å²) in [7, 11) is 2.61. The summed E-state index contributed by atoms with van der Waals surface area (Å²) < 4.78 is 0. The average Bonchev–Trinajstić information content (AvgIpc) is 2.47. The molecule has 21 heavy (non-hydrogen) atoms. The first-order chi connectivity index (χ1) is 10.1. The van der Waals surface area contributed by atoms with Gasteiger partial charge in [-0.25, -0.2) is 0 Å². The van der Waals surface area contributed by atoms with E-state index in [1.807, 2.05) is 0 Å². The van der Waals surface area contributed by atoms with Crippen LogP contribution in [0.4, 0.5) is 0 Å². The van der Waals surface area contributed by atoms with Crippen LogP contribution in [0.1, 0.15) is 90.9 Å². The molecule has 4 aliphatic rings. The molecule has 0 saturated carbocycles. The van der Waals surface area contributed by atoms with Gasteiger partial charge in [0.2, 0.25) is 0 Å². The van der Waals surface area contributed by atoms with E-state index in [-0.39, 0.29) is 0 Å². The Kier molecular flexibility index (Phi) is 3.99. The number of hydrogen-bond acceptors (Lipinski definition) is 0. The molecule has 120 valence electrons. The highest BCUT2D eigenvalue weighted by Gasteiger charge is 2.59. The second kappa shape index (κ2) is 5.45. The van der Waals surface area contributed by atoms with E-state index in [0.717, 1.165) is 21.6 Å². The van der Waals surface area contributed by atoms with Gasteiger partial charge in [0.15, 0.2) is 0 Å². The minimum atomic E-state index is 0.620. The van der Waals surface area contributed by atoms with Gasteiger partial charge in [-0.3, -0.25) is 0 Å². The van der Waals surface area contributed by atoms with Crippen LogP contribution in [0, 0.1) is 5.41 Å². The molecule has 0 aromatic heterocycles. The molecular weight excluding hydrogens is 290 g/mol. The third-order valence-corrected chi connectivity index (χ3v) is 13.3. The van der Waals surface area contributed by atoms with Crippen LogP contribution in [0.5, 0.6) is 0 Å². The van der Waals surface area contributed by atoms with Crippen LogP contribution >= 0.6 is 17.2 Å². The second-order valence-electron chi connectivity index (χ2n) is 9.04. The van der Waals surface area contributed by atoms with Crippen LogP contribution in [0.3, 0.4) is 0 Å². The molecule has 0 spiro atoms. The molecule has 2 heteroatoms. The predicted molar refractivity (Wildman–Crippen MR) is 98.9 cm³/mol. The highest BCUT2D eigenvalue weighted by molar-refractivity contribution is 7.42. The zero-order valence-electron chi connectivity index (χ0n) is 14.1. The molecule has 4 bridgehead atoms. The third-order valence-electron chi connectivity index (χ3n) is 7.98. The van der Waals surface area contributed by atoms with Crippen LogP contribution in [0.25, 0.3) is 0 Å². The summed E-state index contributed by atoms with van der Waals surface area (Å²) in [5, 5.41) is 1.50. The maximum atomic E-state index is 2.74. The van der Waals surface area contributed by atoms with Crippen LogP contribution < -0.4 is 0 Å². The fraction of sp³-hybridized carbons (Fsp3) is 1.00. The smallest absolute Gasteiger partial charge is 0.00597 e. The molecule has 2 atom stereocenters. The quantitative estimate of drug-likeness (QED) is 0.521. The van der Waals surface area contributed by atoms with Crippen molar-refractivity contribution in [1.29, 1.82) is 0 Å². The fourth-order valence-corrected chi connectivity index (χ4v) is 12.1. The first-order valence-corrected chi connectivity index (χ1v) is 11.8. The molecule has 4 fully saturated rings. The molecule has 4 rings (SSSR count). The van der Waals surface area contributed by atoms with E-state index in [4.69, 9.17) is 0 Å². The van der Waals surface area contributed by atoms with Crippen molar-refractivity contribution in [2.24, 2.45) is 5.41 Å². The maximum absolute atomic E-state index is 2.74. The largest absolute Gasteiger partial charge is 0.112 e. The Morgan fingerprint density at radius 1 is 0.667 bits per heavy atom. The monoisotopic (exact) mass is 324 g/mol. The van der Waals surface area contributed by atoms with Gasteiger partial charge in [0.1, 0.15) is 0 Å². The normalized spacial score (nSPS) is 49.4. The van der Waals surface area contributed by atoms with Gasteiger partial charge in [0, 0.05) is 0 Å². The Balaban J connectivity index is 1.68. The number of rotatable bonds is 2. The molecule has 0 aliphatic carbocycles. The van der Waals surface area contributed by atoms with E-state index < -0.39 is 0 Å². The molecule has 2 unspecified atom stereocenters. The van der Waals surface area contributed by atoms with Crippen LogP contribution in [0.2, 0.25) is 0 Å². The topological polar surface area (TPSA) is 0 Å². The first kappa shape index (κ1) is 15.4. The van der Waals surface area contributed by atoms with Crippen molar-refractivity contribution in [2.75, 3.05) is 0 Å². The lowest BCUT2D eigenvalue weighted by Gasteiger charge is -2.64. The van der Waals surface area contributed by atoms with Crippen molar-refractivity contribution >= 4 is 17.2 Å². The van der Waals surface area contributed by atoms with E-state index >= 15 is 0 Å². The average molecular weight is 324 g/mol. The van der Waals surface area contributed by atoms with Gasteiger partial charge in [-0.15, -0.1) is 17.2 Å². The zero-order valence-corrected chi connectivity index (χ0v) is 16.1. The molecule has 4 heterocycles. The Morgan fingerprint density at radius 2 is 1.00 bits per heavy atom. The zero-order chi connectivity index (χ0) is 14.6. The van der Waals surface area contributed by atoms with Crippen molar-refractivity contribution in [2.45, 2.75) is 113 Å². The standard InChI is InChI=1S/C19H34P2/c1-17(2,18-11-3-7-15(20-18)8-4-12-18)19-13-5-9-16(21-19)10-6-14-19/h15-16,20-21H,3-14H2,1-2H3. The molecule has 0 aromatic rings. The predicted octanol–water partition coefficient (Wildman–Crippen LogP) is 6.32. The van der Waals surface area contributed by atoms with Gasteiger partial charge in [-0.2, -0.15) is 0 Å². The number of hydrogen-bond donors (Lipinski definition) is 0. The van der Waals surface area contributed by atoms with Gasteiger partial charge in [0.05, 0.1) is 0 Å². The summed E-state index contributed by atoms with van der Waals surface area (Å²) in [5.41, 5.74) is 2.86. The summed E-state index contributed by atoms with van der Waals surface area (Å²) in [4.78, 5) is 0. The van der Waals surface area contributed by atoms with Gasteiger partial charge in [0.25, 0.3) is 0 Å². The summed E-state index contributed by atoms with van der Waals surface area (Å²) >= 11 is 0. The minimum absolute atomic E-state index is 0.620. The van der Waals surface area contributed by atoms with Crippen LogP contribution in [0.15, 0.2) is 0 Å².